The number of carbonyl (C=O) groups excluding carboxylic acids is 1. The number of rotatable bonds is 6. The van der Waals surface area contributed by atoms with Crippen LogP contribution in [0, 0.1) is 6.92 Å². The number of aryl methyl sites for hydroxylation is 2. The number of aliphatic carboxylic acids is 1. The molecule has 6 nitrogen and oxygen atoms in total. The van der Waals surface area contributed by atoms with Crippen molar-refractivity contribution in [2.24, 2.45) is 0 Å². The zero-order valence-electron chi connectivity index (χ0n) is 14.2. The quantitative estimate of drug-likeness (QED) is 0.699. The van der Waals surface area contributed by atoms with Gasteiger partial charge in [0.25, 0.3) is 0 Å². The lowest BCUT2D eigenvalue weighted by Crippen LogP contribution is -2.43. The highest BCUT2D eigenvalue weighted by Gasteiger charge is 2.23. The first-order valence-corrected chi connectivity index (χ1v) is 7.66. The second kappa shape index (κ2) is 7.85. The molecular weight excluding hydrogens is 296 g/mol. The molecule has 0 saturated carbocycles. The predicted octanol–water partition coefficient (Wildman–Crippen LogP) is 2.88. The van der Waals surface area contributed by atoms with Crippen LogP contribution in [0.5, 0.6) is 0 Å². The highest BCUT2D eigenvalue weighted by Crippen LogP contribution is 2.16. The van der Waals surface area contributed by atoms with Gasteiger partial charge >= 0.3 is 12.1 Å². The number of nitrogens with two attached hydrogens (primary N) is 1. The number of nitrogen functional groups attached to an aromatic ring is 1. The molecular formula is C17H26N2O4. The Hall–Kier alpha value is -2.24. The van der Waals surface area contributed by atoms with Gasteiger partial charge in [0.05, 0.1) is 0 Å². The first kappa shape index (κ1) is 18.8. The van der Waals surface area contributed by atoms with Crippen LogP contribution in [0.3, 0.4) is 0 Å². The molecule has 1 aromatic rings. The first-order valence-electron chi connectivity index (χ1n) is 7.66. The molecule has 0 saturated heterocycles. The molecule has 0 radical (unpaired) electrons. The Balaban J connectivity index is 2.53. The van der Waals surface area contributed by atoms with Crippen LogP contribution in [0.15, 0.2) is 18.2 Å². The topological polar surface area (TPSA) is 102 Å². The molecule has 0 aliphatic rings. The number of carbonyl (C=O) groups is 2. The molecule has 128 valence electrons. The van der Waals surface area contributed by atoms with Gasteiger partial charge in [0.2, 0.25) is 0 Å². The second-order valence-electron chi connectivity index (χ2n) is 6.62. The van der Waals surface area contributed by atoms with Crippen LogP contribution in [-0.4, -0.2) is 28.8 Å². The lowest BCUT2D eigenvalue weighted by atomic mass is 10.0. The molecule has 0 heterocycles. The number of anilines is 1. The minimum atomic E-state index is -1.06. The van der Waals surface area contributed by atoms with E-state index >= 15 is 0 Å². The molecule has 4 N–H and O–H groups in total. The van der Waals surface area contributed by atoms with Gasteiger partial charge in [0, 0.05) is 5.69 Å². The molecule has 0 aromatic heterocycles. The summed E-state index contributed by atoms with van der Waals surface area (Å²) in [4.78, 5) is 23.0. The van der Waals surface area contributed by atoms with Gasteiger partial charge in [-0.2, -0.15) is 0 Å². The summed E-state index contributed by atoms with van der Waals surface area (Å²) in [5.74, 6) is -1.06. The molecule has 0 fully saturated rings. The molecule has 0 spiro atoms. The summed E-state index contributed by atoms with van der Waals surface area (Å²) < 4.78 is 5.09. The molecule has 1 unspecified atom stereocenters. The summed E-state index contributed by atoms with van der Waals surface area (Å²) in [6.07, 6.45) is 0.982. The number of benzene rings is 1. The summed E-state index contributed by atoms with van der Waals surface area (Å²) >= 11 is 0. The summed E-state index contributed by atoms with van der Waals surface area (Å²) in [7, 11) is 0. The summed E-state index contributed by atoms with van der Waals surface area (Å²) in [6.45, 7) is 7.16. The van der Waals surface area contributed by atoms with E-state index in [-0.39, 0.29) is 0 Å². The van der Waals surface area contributed by atoms with Gasteiger partial charge in [-0.25, -0.2) is 9.59 Å². The lowest BCUT2D eigenvalue weighted by molar-refractivity contribution is -0.139. The number of hydrogen-bond donors (Lipinski definition) is 3. The number of carboxylic acids is 1. The van der Waals surface area contributed by atoms with Gasteiger partial charge in [-0.1, -0.05) is 6.07 Å². The average molecular weight is 322 g/mol. The monoisotopic (exact) mass is 322 g/mol. The average Bonchev–Trinajstić information content (AvgIpc) is 2.37. The van der Waals surface area contributed by atoms with Crippen molar-refractivity contribution in [2.75, 3.05) is 5.73 Å². The lowest BCUT2D eigenvalue weighted by Gasteiger charge is -2.22. The van der Waals surface area contributed by atoms with Crippen molar-refractivity contribution in [3.63, 3.8) is 0 Å². The van der Waals surface area contributed by atoms with Gasteiger partial charge in [-0.15, -0.1) is 0 Å². The summed E-state index contributed by atoms with van der Waals surface area (Å²) in [5.41, 5.74) is 7.97. The van der Waals surface area contributed by atoms with E-state index in [0.717, 1.165) is 17.5 Å². The Labute approximate surface area is 137 Å². The number of ether oxygens (including phenoxy) is 1. The van der Waals surface area contributed by atoms with Crippen LogP contribution in [0.1, 0.15) is 44.7 Å². The van der Waals surface area contributed by atoms with E-state index in [9.17, 15) is 14.7 Å². The molecule has 0 aliphatic heterocycles. The largest absolute Gasteiger partial charge is 0.480 e. The van der Waals surface area contributed by atoms with Crippen molar-refractivity contribution in [1.29, 1.82) is 0 Å². The molecule has 1 aromatic carbocycles. The smallest absolute Gasteiger partial charge is 0.408 e. The maximum atomic E-state index is 11.7. The fraction of sp³-hybridized carbons (Fsp3) is 0.529. The van der Waals surface area contributed by atoms with Gasteiger partial charge < -0.3 is 20.9 Å². The number of amides is 1. The third-order valence-electron chi connectivity index (χ3n) is 3.29. The fourth-order valence-corrected chi connectivity index (χ4v) is 2.20. The van der Waals surface area contributed by atoms with Gasteiger partial charge in [0.15, 0.2) is 0 Å². The molecule has 1 atom stereocenters. The third kappa shape index (κ3) is 7.04. The zero-order chi connectivity index (χ0) is 17.6. The summed E-state index contributed by atoms with van der Waals surface area (Å²) in [6, 6.07) is 4.71. The minimum absolute atomic E-state index is 0.332. The van der Waals surface area contributed by atoms with Crippen molar-refractivity contribution in [3.8, 4) is 0 Å². The Kier molecular flexibility index (Phi) is 6.42. The molecule has 23 heavy (non-hydrogen) atoms. The highest BCUT2D eigenvalue weighted by atomic mass is 16.6. The minimum Gasteiger partial charge on any atom is -0.480 e. The fourth-order valence-electron chi connectivity index (χ4n) is 2.20. The molecule has 0 aliphatic carbocycles. The standard InChI is InChI=1S/C17H26N2O4/c1-11-10-13(18)9-8-12(11)6-5-7-14(15(20)21)19-16(22)23-17(2,3)4/h8-10,14H,5-7,18H2,1-4H3,(H,19,22)(H,20,21). The Morgan fingerprint density at radius 3 is 2.52 bits per heavy atom. The van der Waals surface area contributed by atoms with Crippen LogP contribution >= 0.6 is 0 Å². The highest BCUT2D eigenvalue weighted by molar-refractivity contribution is 5.79. The van der Waals surface area contributed by atoms with Gasteiger partial charge in [-0.3, -0.25) is 0 Å². The van der Waals surface area contributed by atoms with Crippen molar-refractivity contribution in [3.05, 3.63) is 29.3 Å². The van der Waals surface area contributed by atoms with E-state index in [1.54, 1.807) is 20.8 Å². The van der Waals surface area contributed by atoms with E-state index in [2.05, 4.69) is 5.32 Å². The first-order chi connectivity index (χ1) is 10.6. The number of hydrogen-bond acceptors (Lipinski definition) is 4. The maximum Gasteiger partial charge on any atom is 0.408 e. The van der Waals surface area contributed by atoms with Crippen molar-refractivity contribution in [2.45, 2.75) is 58.6 Å². The maximum absolute atomic E-state index is 11.7. The Bertz CT molecular complexity index is 564. The van der Waals surface area contributed by atoms with E-state index in [0.29, 0.717) is 18.5 Å². The van der Waals surface area contributed by atoms with Crippen LogP contribution in [0.4, 0.5) is 10.5 Å². The van der Waals surface area contributed by atoms with E-state index in [1.165, 1.54) is 0 Å². The van der Waals surface area contributed by atoms with Crippen LogP contribution < -0.4 is 11.1 Å². The van der Waals surface area contributed by atoms with Crippen LogP contribution in [0.25, 0.3) is 0 Å². The predicted molar refractivity (Wildman–Crippen MR) is 89.3 cm³/mol. The number of carboxylic acid groups (broad SMARTS) is 1. The number of alkyl carbamates (subject to hydrolysis) is 1. The molecule has 1 rings (SSSR count). The van der Waals surface area contributed by atoms with Crippen molar-refractivity contribution < 1.29 is 19.4 Å². The molecule has 6 heteroatoms. The van der Waals surface area contributed by atoms with Crippen LogP contribution in [0.2, 0.25) is 0 Å². The SMILES string of the molecule is Cc1cc(N)ccc1CCCC(NC(=O)OC(C)(C)C)C(=O)O. The molecule has 0 bridgehead atoms. The Morgan fingerprint density at radius 1 is 1.35 bits per heavy atom. The Morgan fingerprint density at radius 2 is 2.00 bits per heavy atom. The van der Waals surface area contributed by atoms with Gasteiger partial charge in [-0.05, 0) is 70.2 Å². The van der Waals surface area contributed by atoms with Crippen LogP contribution in [-0.2, 0) is 16.0 Å². The van der Waals surface area contributed by atoms with Crippen molar-refractivity contribution in [1.82, 2.24) is 5.32 Å². The van der Waals surface area contributed by atoms with Crippen molar-refractivity contribution >= 4 is 17.7 Å². The molecule has 1 amide bonds. The normalized spacial score (nSPS) is 12.5. The van der Waals surface area contributed by atoms with E-state index in [4.69, 9.17) is 10.5 Å². The second-order valence-corrected chi connectivity index (χ2v) is 6.62. The van der Waals surface area contributed by atoms with E-state index in [1.807, 2.05) is 25.1 Å². The zero-order valence-corrected chi connectivity index (χ0v) is 14.2. The van der Waals surface area contributed by atoms with E-state index < -0.39 is 23.7 Å². The summed E-state index contributed by atoms with van der Waals surface area (Å²) in [5, 5.41) is 11.6. The van der Waals surface area contributed by atoms with Gasteiger partial charge in [0.1, 0.15) is 11.6 Å². The third-order valence-corrected chi connectivity index (χ3v) is 3.29. The number of nitrogens with one attached hydrogen (secondary N) is 1.